The fraction of sp³-hybridized carbons (Fsp3) is 0.929. The van der Waals surface area contributed by atoms with Crippen LogP contribution in [0, 0.1) is 11.3 Å². The second-order valence-electron chi connectivity index (χ2n) is 6.03. The second-order valence-corrected chi connectivity index (χ2v) is 6.03. The average Bonchev–Trinajstić information content (AvgIpc) is 2.21. The molecule has 0 fully saturated rings. The highest BCUT2D eigenvalue weighted by Gasteiger charge is 2.29. The highest BCUT2D eigenvalue weighted by atomic mass is 35.5. The molecule has 3 nitrogen and oxygen atoms in total. The Morgan fingerprint density at radius 1 is 1.33 bits per heavy atom. The van der Waals surface area contributed by atoms with Gasteiger partial charge in [0.15, 0.2) is 0 Å². The van der Waals surface area contributed by atoms with Gasteiger partial charge in [0.1, 0.15) is 0 Å². The van der Waals surface area contributed by atoms with Crippen LogP contribution in [0.25, 0.3) is 0 Å². The van der Waals surface area contributed by atoms with E-state index in [4.69, 9.17) is 5.73 Å². The number of halogens is 1. The lowest BCUT2D eigenvalue weighted by Crippen LogP contribution is -2.46. The molecule has 4 heteroatoms. The minimum absolute atomic E-state index is 0. The molecule has 1 amide bonds. The third kappa shape index (κ3) is 7.93. The van der Waals surface area contributed by atoms with Crippen molar-refractivity contribution in [3.8, 4) is 0 Å². The quantitative estimate of drug-likeness (QED) is 0.717. The standard InChI is InChI=1S/C14H30N2O.ClH/c1-6-7-8-12(10-15)16-13(17)14(4,5)9-11(2)3;/h11-12H,6-10,15H2,1-5H3,(H,16,17);1H. The summed E-state index contributed by atoms with van der Waals surface area (Å²) in [4.78, 5) is 12.2. The van der Waals surface area contributed by atoms with E-state index in [-0.39, 0.29) is 29.8 Å². The molecular weight excluding hydrogens is 248 g/mol. The Morgan fingerprint density at radius 3 is 2.28 bits per heavy atom. The van der Waals surface area contributed by atoms with Crippen LogP contribution in [0.3, 0.4) is 0 Å². The molecule has 0 saturated heterocycles. The summed E-state index contributed by atoms with van der Waals surface area (Å²) in [5, 5.41) is 3.08. The number of rotatable bonds is 8. The molecule has 0 bridgehead atoms. The Morgan fingerprint density at radius 2 is 1.89 bits per heavy atom. The predicted molar refractivity (Wildman–Crippen MR) is 81.0 cm³/mol. The number of nitrogens with one attached hydrogen (secondary N) is 1. The van der Waals surface area contributed by atoms with Gasteiger partial charge in [0.2, 0.25) is 5.91 Å². The smallest absolute Gasteiger partial charge is 0.225 e. The molecule has 0 aliphatic carbocycles. The summed E-state index contributed by atoms with van der Waals surface area (Å²) in [6, 6.07) is 0.133. The first-order valence-corrected chi connectivity index (χ1v) is 6.84. The summed E-state index contributed by atoms with van der Waals surface area (Å²) in [5.74, 6) is 0.667. The summed E-state index contributed by atoms with van der Waals surface area (Å²) >= 11 is 0. The number of unbranched alkanes of at least 4 members (excludes halogenated alkanes) is 1. The minimum Gasteiger partial charge on any atom is -0.352 e. The van der Waals surface area contributed by atoms with E-state index < -0.39 is 0 Å². The SMILES string of the molecule is CCCCC(CN)NC(=O)C(C)(C)CC(C)C.Cl. The lowest BCUT2D eigenvalue weighted by atomic mass is 9.83. The number of carbonyl (C=O) groups is 1. The lowest BCUT2D eigenvalue weighted by Gasteiger charge is -2.28. The van der Waals surface area contributed by atoms with Gasteiger partial charge in [0.05, 0.1) is 0 Å². The third-order valence-electron chi connectivity index (χ3n) is 3.06. The molecule has 0 aromatic rings. The summed E-state index contributed by atoms with van der Waals surface area (Å²) in [6.45, 7) is 11.0. The topological polar surface area (TPSA) is 55.1 Å². The molecule has 0 aromatic heterocycles. The fourth-order valence-corrected chi connectivity index (χ4v) is 2.19. The van der Waals surface area contributed by atoms with Crippen LogP contribution < -0.4 is 11.1 Å². The highest BCUT2D eigenvalue weighted by Crippen LogP contribution is 2.25. The van der Waals surface area contributed by atoms with Crippen molar-refractivity contribution in [2.24, 2.45) is 17.1 Å². The molecule has 0 rings (SSSR count). The Bertz CT molecular complexity index is 230. The Kier molecular flexibility index (Phi) is 10.7. The average molecular weight is 279 g/mol. The van der Waals surface area contributed by atoms with Gasteiger partial charge in [-0.2, -0.15) is 0 Å². The molecule has 18 heavy (non-hydrogen) atoms. The van der Waals surface area contributed by atoms with E-state index in [1.165, 1.54) is 0 Å². The van der Waals surface area contributed by atoms with Crippen LogP contribution in [0.1, 0.15) is 60.3 Å². The molecule has 0 spiro atoms. The van der Waals surface area contributed by atoms with Crippen LogP contribution in [0.4, 0.5) is 0 Å². The molecule has 0 saturated carbocycles. The molecule has 0 aromatic carbocycles. The molecule has 3 N–H and O–H groups in total. The van der Waals surface area contributed by atoms with Gasteiger partial charge in [-0.15, -0.1) is 12.4 Å². The van der Waals surface area contributed by atoms with Gasteiger partial charge < -0.3 is 11.1 Å². The van der Waals surface area contributed by atoms with Crippen molar-refractivity contribution in [3.05, 3.63) is 0 Å². The molecular formula is C14H31ClN2O. The molecule has 110 valence electrons. The maximum absolute atomic E-state index is 12.2. The van der Waals surface area contributed by atoms with Crippen LogP contribution in [0.5, 0.6) is 0 Å². The summed E-state index contributed by atoms with van der Waals surface area (Å²) < 4.78 is 0. The molecule has 0 aliphatic heterocycles. The van der Waals surface area contributed by atoms with Gasteiger partial charge in [-0.1, -0.05) is 47.5 Å². The van der Waals surface area contributed by atoms with Crippen molar-refractivity contribution < 1.29 is 4.79 Å². The first kappa shape index (κ1) is 20.0. The Balaban J connectivity index is 0. The molecule has 1 atom stereocenters. The lowest BCUT2D eigenvalue weighted by molar-refractivity contribution is -0.130. The number of amides is 1. The number of carbonyl (C=O) groups excluding carboxylic acids is 1. The van der Waals surface area contributed by atoms with Crippen molar-refractivity contribution in [1.82, 2.24) is 5.32 Å². The van der Waals surface area contributed by atoms with Gasteiger partial charge in [0.25, 0.3) is 0 Å². The van der Waals surface area contributed by atoms with E-state index in [0.717, 1.165) is 25.7 Å². The van der Waals surface area contributed by atoms with Gasteiger partial charge in [0, 0.05) is 18.0 Å². The second kappa shape index (κ2) is 9.62. The van der Waals surface area contributed by atoms with Crippen molar-refractivity contribution in [2.75, 3.05) is 6.54 Å². The Labute approximate surface area is 119 Å². The van der Waals surface area contributed by atoms with E-state index in [9.17, 15) is 4.79 Å². The van der Waals surface area contributed by atoms with Crippen molar-refractivity contribution in [3.63, 3.8) is 0 Å². The third-order valence-corrected chi connectivity index (χ3v) is 3.06. The van der Waals surface area contributed by atoms with Gasteiger partial charge >= 0.3 is 0 Å². The zero-order chi connectivity index (χ0) is 13.5. The van der Waals surface area contributed by atoms with E-state index in [1.54, 1.807) is 0 Å². The highest BCUT2D eigenvalue weighted by molar-refractivity contribution is 5.85. The van der Waals surface area contributed by atoms with E-state index >= 15 is 0 Å². The van der Waals surface area contributed by atoms with Gasteiger partial charge in [-0.25, -0.2) is 0 Å². The zero-order valence-corrected chi connectivity index (χ0v) is 13.4. The normalized spacial score (nSPS) is 13.1. The van der Waals surface area contributed by atoms with Crippen LogP contribution in [0.15, 0.2) is 0 Å². The maximum atomic E-state index is 12.2. The minimum atomic E-state index is -0.298. The number of hydrogen-bond donors (Lipinski definition) is 2. The number of nitrogens with two attached hydrogens (primary N) is 1. The van der Waals surface area contributed by atoms with Crippen LogP contribution in [-0.4, -0.2) is 18.5 Å². The van der Waals surface area contributed by atoms with Crippen molar-refractivity contribution >= 4 is 18.3 Å². The monoisotopic (exact) mass is 278 g/mol. The summed E-state index contributed by atoms with van der Waals surface area (Å²) in [5.41, 5.74) is 5.39. The van der Waals surface area contributed by atoms with Crippen molar-refractivity contribution in [1.29, 1.82) is 0 Å². The predicted octanol–water partition coefficient (Wildman–Crippen LogP) is 3.11. The largest absolute Gasteiger partial charge is 0.352 e. The summed E-state index contributed by atoms with van der Waals surface area (Å²) in [6.07, 6.45) is 4.15. The molecule has 1 unspecified atom stereocenters. The van der Waals surface area contributed by atoms with Crippen LogP contribution in [-0.2, 0) is 4.79 Å². The first-order chi connectivity index (χ1) is 7.83. The van der Waals surface area contributed by atoms with Crippen molar-refractivity contribution in [2.45, 2.75) is 66.3 Å². The zero-order valence-electron chi connectivity index (χ0n) is 12.6. The summed E-state index contributed by atoms with van der Waals surface area (Å²) in [7, 11) is 0. The molecule has 0 heterocycles. The molecule has 0 radical (unpaired) electrons. The Hall–Kier alpha value is -0.280. The molecule has 0 aliphatic rings. The first-order valence-electron chi connectivity index (χ1n) is 6.84. The van der Waals surface area contributed by atoms with Crippen LogP contribution in [0.2, 0.25) is 0 Å². The fourth-order valence-electron chi connectivity index (χ4n) is 2.19. The van der Waals surface area contributed by atoms with E-state index in [2.05, 4.69) is 26.1 Å². The van der Waals surface area contributed by atoms with Gasteiger partial charge in [-0.3, -0.25) is 4.79 Å². The number of hydrogen-bond acceptors (Lipinski definition) is 2. The maximum Gasteiger partial charge on any atom is 0.225 e. The van der Waals surface area contributed by atoms with E-state index in [0.29, 0.717) is 12.5 Å². The van der Waals surface area contributed by atoms with E-state index in [1.807, 2.05) is 13.8 Å². The van der Waals surface area contributed by atoms with Gasteiger partial charge in [-0.05, 0) is 18.8 Å². The van der Waals surface area contributed by atoms with Crippen LogP contribution >= 0.6 is 12.4 Å².